The molecule has 0 bridgehead atoms. The van der Waals surface area contributed by atoms with Gasteiger partial charge in [-0.3, -0.25) is 9.52 Å². The molecule has 0 aliphatic carbocycles. The zero-order valence-corrected chi connectivity index (χ0v) is 15.5. The quantitative estimate of drug-likeness (QED) is 0.838. The first-order chi connectivity index (χ1) is 11.4. The van der Waals surface area contributed by atoms with Crippen LogP contribution < -0.4 is 9.62 Å². The molecule has 0 radical (unpaired) electrons. The fourth-order valence-corrected chi connectivity index (χ4v) is 4.44. The Morgan fingerprint density at radius 1 is 1.12 bits per heavy atom. The zero-order chi connectivity index (χ0) is 17.3. The number of rotatable bonds is 4. The highest BCUT2D eigenvalue weighted by molar-refractivity contribution is 9.10. The average Bonchev–Trinajstić information content (AvgIpc) is 2.96. The third-order valence-corrected chi connectivity index (χ3v) is 5.94. The van der Waals surface area contributed by atoms with Crippen LogP contribution in [-0.2, 0) is 14.8 Å². The molecule has 0 atom stereocenters. The van der Waals surface area contributed by atoms with Gasteiger partial charge in [-0.2, -0.15) is 0 Å². The first-order valence-corrected chi connectivity index (χ1v) is 9.84. The predicted octanol–water partition coefficient (Wildman–Crippen LogP) is 3.69. The maximum absolute atomic E-state index is 12.5. The van der Waals surface area contributed by atoms with Crippen LogP contribution in [0, 0.1) is 6.92 Å². The summed E-state index contributed by atoms with van der Waals surface area (Å²) < 4.78 is 28.3. The Kier molecular flexibility index (Phi) is 4.64. The molecular formula is C17H17BrN2O3S. The van der Waals surface area contributed by atoms with Gasteiger partial charge in [0.15, 0.2) is 0 Å². The van der Waals surface area contributed by atoms with Crippen molar-refractivity contribution in [2.75, 3.05) is 16.2 Å². The number of anilines is 2. The van der Waals surface area contributed by atoms with Crippen LogP contribution in [0.2, 0.25) is 0 Å². The van der Waals surface area contributed by atoms with Gasteiger partial charge in [-0.05, 0) is 71.2 Å². The predicted molar refractivity (Wildman–Crippen MR) is 97.7 cm³/mol. The van der Waals surface area contributed by atoms with E-state index in [0.717, 1.165) is 17.7 Å². The summed E-state index contributed by atoms with van der Waals surface area (Å²) in [6, 6.07) is 11.8. The summed E-state index contributed by atoms with van der Waals surface area (Å²) in [4.78, 5) is 13.6. The highest BCUT2D eigenvalue weighted by Crippen LogP contribution is 2.27. The van der Waals surface area contributed by atoms with Gasteiger partial charge in [0, 0.05) is 23.1 Å². The van der Waals surface area contributed by atoms with Gasteiger partial charge in [0.25, 0.3) is 10.0 Å². The van der Waals surface area contributed by atoms with Crippen molar-refractivity contribution >= 4 is 43.2 Å². The average molecular weight is 409 g/mol. The van der Waals surface area contributed by atoms with E-state index in [1.54, 1.807) is 23.1 Å². The van der Waals surface area contributed by atoms with E-state index in [1.807, 2.05) is 19.1 Å². The molecule has 0 unspecified atom stereocenters. The maximum Gasteiger partial charge on any atom is 0.261 e. The summed E-state index contributed by atoms with van der Waals surface area (Å²) in [5, 5.41) is 0. The Hall–Kier alpha value is -1.86. The van der Waals surface area contributed by atoms with Gasteiger partial charge in [0.1, 0.15) is 0 Å². The van der Waals surface area contributed by atoms with Crippen molar-refractivity contribution in [3.63, 3.8) is 0 Å². The van der Waals surface area contributed by atoms with Crippen molar-refractivity contribution in [3.8, 4) is 0 Å². The molecule has 2 aromatic carbocycles. The summed E-state index contributed by atoms with van der Waals surface area (Å²) in [6.45, 7) is 2.61. The first-order valence-electron chi connectivity index (χ1n) is 7.56. The Morgan fingerprint density at radius 2 is 1.83 bits per heavy atom. The van der Waals surface area contributed by atoms with Gasteiger partial charge in [-0.15, -0.1) is 0 Å². The fourth-order valence-electron chi connectivity index (χ4n) is 2.63. The van der Waals surface area contributed by atoms with Crippen molar-refractivity contribution < 1.29 is 13.2 Å². The monoisotopic (exact) mass is 408 g/mol. The Bertz CT molecular complexity index is 879. The molecule has 5 nitrogen and oxygen atoms in total. The minimum Gasteiger partial charge on any atom is -0.312 e. The number of aryl methyl sites for hydroxylation is 1. The van der Waals surface area contributed by atoms with Crippen LogP contribution >= 0.6 is 15.9 Å². The van der Waals surface area contributed by atoms with Crippen molar-refractivity contribution in [2.45, 2.75) is 24.7 Å². The molecule has 1 fully saturated rings. The molecule has 24 heavy (non-hydrogen) atoms. The van der Waals surface area contributed by atoms with Crippen molar-refractivity contribution in [1.29, 1.82) is 0 Å². The van der Waals surface area contributed by atoms with Crippen LogP contribution in [0.1, 0.15) is 18.4 Å². The highest BCUT2D eigenvalue weighted by atomic mass is 79.9. The molecule has 1 heterocycles. The minimum absolute atomic E-state index is 0.0762. The SMILES string of the molecule is Cc1ccc(NS(=O)(=O)c2ccc(N3CCCC3=O)cc2)c(Br)c1. The number of hydrogen-bond donors (Lipinski definition) is 1. The molecule has 0 spiro atoms. The largest absolute Gasteiger partial charge is 0.312 e. The Morgan fingerprint density at radius 3 is 2.42 bits per heavy atom. The molecule has 1 aliphatic rings. The number of benzene rings is 2. The normalized spacial score (nSPS) is 14.9. The molecule has 126 valence electrons. The standard InChI is InChI=1S/C17H17BrN2O3S/c1-12-4-9-16(15(18)11-12)19-24(22,23)14-7-5-13(6-8-14)20-10-2-3-17(20)21/h4-9,11,19H,2-3,10H2,1H3. The van der Waals surface area contributed by atoms with Crippen LogP contribution in [0.4, 0.5) is 11.4 Å². The van der Waals surface area contributed by atoms with Crippen molar-refractivity contribution in [1.82, 2.24) is 0 Å². The van der Waals surface area contributed by atoms with Gasteiger partial charge in [0.2, 0.25) is 5.91 Å². The van der Waals surface area contributed by atoms with Crippen LogP contribution in [0.25, 0.3) is 0 Å². The number of nitrogens with zero attached hydrogens (tertiary/aromatic N) is 1. The molecule has 1 N–H and O–H groups in total. The highest BCUT2D eigenvalue weighted by Gasteiger charge is 2.22. The van der Waals surface area contributed by atoms with Crippen LogP contribution in [0.15, 0.2) is 51.8 Å². The number of carbonyl (C=O) groups is 1. The molecule has 0 saturated carbocycles. The zero-order valence-electron chi connectivity index (χ0n) is 13.1. The van der Waals surface area contributed by atoms with E-state index in [0.29, 0.717) is 23.1 Å². The molecular weight excluding hydrogens is 392 g/mol. The molecule has 0 aromatic heterocycles. The van der Waals surface area contributed by atoms with Crippen LogP contribution in [-0.4, -0.2) is 20.9 Å². The van der Waals surface area contributed by atoms with Crippen molar-refractivity contribution in [3.05, 3.63) is 52.5 Å². The van der Waals surface area contributed by atoms with Gasteiger partial charge < -0.3 is 4.90 Å². The van der Waals surface area contributed by atoms with E-state index in [9.17, 15) is 13.2 Å². The van der Waals surface area contributed by atoms with Gasteiger partial charge in [0.05, 0.1) is 10.6 Å². The van der Waals surface area contributed by atoms with E-state index < -0.39 is 10.0 Å². The van der Waals surface area contributed by atoms with E-state index in [1.165, 1.54) is 12.1 Å². The summed E-state index contributed by atoms with van der Waals surface area (Å²) in [6.07, 6.45) is 1.38. The Balaban J connectivity index is 1.83. The number of amides is 1. The molecule has 1 saturated heterocycles. The summed E-state index contributed by atoms with van der Waals surface area (Å²) in [5.41, 5.74) is 2.25. The minimum atomic E-state index is -3.69. The molecule has 2 aromatic rings. The second-order valence-corrected chi connectivity index (χ2v) is 8.27. The van der Waals surface area contributed by atoms with E-state index >= 15 is 0 Å². The lowest BCUT2D eigenvalue weighted by Crippen LogP contribution is -2.23. The third kappa shape index (κ3) is 3.47. The van der Waals surface area contributed by atoms with E-state index in [-0.39, 0.29) is 10.8 Å². The van der Waals surface area contributed by atoms with Crippen LogP contribution in [0.5, 0.6) is 0 Å². The first kappa shape index (κ1) is 17.0. The number of nitrogens with one attached hydrogen (secondary N) is 1. The van der Waals surface area contributed by atoms with Crippen molar-refractivity contribution in [2.24, 2.45) is 0 Å². The molecule has 1 amide bonds. The topological polar surface area (TPSA) is 66.5 Å². The van der Waals surface area contributed by atoms with Gasteiger partial charge >= 0.3 is 0 Å². The number of halogens is 1. The summed E-state index contributed by atoms with van der Waals surface area (Å²) >= 11 is 3.36. The number of carbonyl (C=O) groups excluding carboxylic acids is 1. The maximum atomic E-state index is 12.5. The lowest BCUT2D eigenvalue weighted by atomic mass is 10.2. The van der Waals surface area contributed by atoms with E-state index in [2.05, 4.69) is 20.7 Å². The molecule has 7 heteroatoms. The second kappa shape index (κ2) is 6.57. The molecule has 1 aliphatic heterocycles. The summed E-state index contributed by atoms with van der Waals surface area (Å²) in [7, 11) is -3.69. The lowest BCUT2D eigenvalue weighted by molar-refractivity contribution is -0.117. The number of sulfonamides is 1. The smallest absolute Gasteiger partial charge is 0.261 e. The van der Waals surface area contributed by atoms with Gasteiger partial charge in [-0.1, -0.05) is 6.07 Å². The summed E-state index contributed by atoms with van der Waals surface area (Å²) in [5.74, 6) is 0.0762. The molecule has 3 rings (SSSR count). The van der Waals surface area contributed by atoms with Gasteiger partial charge in [-0.25, -0.2) is 8.42 Å². The number of hydrogen-bond acceptors (Lipinski definition) is 3. The fraction of sp³-hybridized carbons (Fsp3) is 0.235. The van der Waals surface area contributed by atoms with Crippen LogP contribution in [0.3, 0.4) is 0 Å². The second-order valence-electron chi connectivity index (χ2n) is 5.73. The van der Waals surface area contributed by atoms with E-state index in [4.69, 9.17) is 0 Å². The third-order valence-electron chi connectivity index (χ3n) is 3.90. The lowest BCUT2D eigenvalue weighted by Gasteiger charge is -2.16. The Labute approximate surface area is 149 Å².